The second-order valence-corrected chi connectivity index (χ2v) is 6.84. The van der Waals surface area contributed by atoms with E-state index in [9.17, 15) is 4.79 Å². The van der Waals surface area contributed by atoms with Gasteiger partial charge in [-0.3, -0.25) is 4.79 Å². The minimum Gasteiger partial charge on any atom is -0.342 e. The van der Waals surface area contributed by atoms with Gasteiger partial charge in [0.2, 0.25) is 5.91 Å². The Morgan fingerprint density at radius 3 is 2.41 bits per heavy atom. The fourth-order valence-corrected chi connectivity index (χ4v) is 2.82. The van der Waals surface area contributed by atoms with Gasteiger partial charge >= 0.3 is 0 Å². The molecule has 0 aromatic carbocycles. The minimum atomic E-state index is 0.204. The molecule has 2 fully saturated rings. The van der Waals surface area contributed by atoms with Crippen LogP contribution in [-0.2, 0) is 4.79 Å². The smallest absolute Gasteiger partial charge is 0.225 e. The third-order valence-electron chi connectivity index (χ3n) is 4.63. The van der Waals surface area contributed by atoms with Crippen LogP contribution in [0.5, 0.6) is 0 Å². The van der Waals surface area contributed by atoms with Crippen LogP contribution in [0.3, 0.4) is 0 Å². The van der Waals surface area contributed by atoms with Gasteiger partial charge in [0, 0.05) is 19.0 Å². The maximum Gasteiger partial charge on any atom is 0.225 e. The number of hydrogen-bond donors (Lipinski definition) is 1. The Balaban J connectivity index is 1.89. The van der Waals surface area contributed by atoms with Gasteiger partial charge in [0.15, 0.2) is 0 Å². The van der Waals surface area contributed by atoms with Crippen molar-refractivity contribution >= 4 is 5.91 Å². The van der Waals surface area contributed by atoms with Crippen molar-refractivity contribution in [2.45, 2.75) is 34.1 Å². The highest BCUT2D eigenvalue weighted by molar-refractivity contribution is 5.79. The molecule has 17 heavy (non-hydrogen) atoms. The summed E-state index contributed by atoms with van der Waals surface area (Å²) >= 11 is 0. The Morgan fingerprint density at radius 2 is 2.00 bits per heavy atom. The number of nitrogens with zero attached hydrogens (tertiary/aromatic N) is 1. The van der Waals surface area contributed by atoms with Gasteiger partial charge in [0.25, 0.3) is 0 Å². The van der Waals surface area contributed by atoms with E-state index in [2.05, 4.69) is 37.9 Å². The maximum atomic E-state index is 12.4. The van der Waals surface area contributed by atoms with Crippen LogP contribution in [0, 0.1) is 23.2 Å². The molecule has 2 aliphatic heterocycles. The highest BCUT2D eigenvalue weighted by Crippen LogP contribution is 2.34. The van der Waals surface area contributed by atoms with Crippen LogP contribution in [-0.4, -0.2) is 37.0 Å². The normalized spacial score (nSPS) is 28.0. The lowest BCUT2D eigenvalue weighted by molar-refractivity contribution is -0.136. The molecule has 3 nitrogen and oxygen atoms in total. The van der Waals surface area contributed by atoms with Crippen molar-refractivity contribution < 1.29 is 4.79 Å². The van der Waals surface area contributed by atoms with Crippen LogP contribution >= 0.6 is 0 Å². The first kappa shape index (κ1) is 12.9. The number of hydrogen-bond acceptors (Lipinski definition) is 2. The number of nitrogens with one attached hydrogen (secondary N) is 1. The Kier molecular flexibility index (Phi) is 3.48. The number of carbonyl (C=O) groups excluding carboxylic acids is 1. The second kappa shape index (κ2) is 4.60. The van der Waals surface area contributed by atoms with E-state index in [0.29, 0.717) is 23.2 Å². The van der Waals surface area contributed by atoms with Crippen LogP contribution < -0.4 is 5.32 Å². The minimum absolute atomic E-state index is 0.204. The summed E-state index contributed by atoms with van der Waals surface area (Å²) in [6, 6.07) is 0. The van der Waals surface area contributed by atoms with Crippen molar-refractivity contribution in [3.05, 3.63) is 0 Å². The zero-order valence-corrected chi connectivity index (χ0v) is 11.6. The molecule has 1 amide bonds. The summed E-state index contributed by atoms with van der Waals surface area (Å²) in [7, 11) is 0. The van der Waals surface area contributed by atoms with E-state index in [0.717, 1.165) is 26.2 Å². The molecule has 0 spiro atoms. The SMILES string of the molecule is CC(C(=O)N1CCC(C(C)(C)C)C1)C1CNC1. The molecule has 0 aromatic rings. The number of likely N-dealkylation sites (tertiary alicyclic amines) is 1. The van der Waals surface area contributed by atoms with Crippen LogP contribution in [0.2, 0.25) is 0 Å². The Bertz CT molecular complexity index is 291. The second-order valence-electron chi connectivity index (χ2n) is 6.84. The Morgan fingerprint density at radius 1 is 1.35 bits per heavy atom. The van der Waals surface area contributed by atoms with Gasteiger partial charge in [-0.15, -0.1) is 0 Å². The van der Waals surface area contributed by atoms with E-state index in [4.69, 9.17) is 0 Å². The Labute approximate surface area is 105 Å². The monoisotopic (exact) mass is 238 g/mol. The molecular weight excluding hydrogens is 212 g/mol. The lowest BCUT2D eigenvalue weighted by atomic mass is 9.80. The van der Waals surface area contributed by atoms with Crippen molar-refractivity contribution in [2.75, 3.05) is 26.2 Å². The molecule has 2 aliphatic rings. The molecule has 0 aromatic heterocycles. The maximum absolute atomic E-state index is 12.4. The summed E-state index contributed by atoms with van der Waals surface area (Å²) < 4.78 is 0. The summed E-state index contributed by atoms with van der Waals surface area (Å²) in [5.41, 5.74) is 0.330. The summed E-state index contributed by atoms with van der Waals surface area (Å²) in [4.78, 5) is 14.4. The van der Waals surface area contributed by atoms with E-state index in [1.165, 1.54) is 6.42 Å². The van der Waals surface area contributed by atoms with E-state index in [1.54, 1.807) is 0 Å². The predicted octanol–water partition coefficient (Wildman–Crippen LogP) is 1.74. The molecule has 0 saturated carbocycles. The van der Waals surface area contributed by atoms with Gasteiger partial charge in [0.05, 0.1) is 0 Å². The summed E-state index contributed by atoms with van der Waals surface area (Å²) in [6.45, 7) is 12.9. The average Bonchev–Trinajstić information content (AvgIpc) is 2.61. The first-order valence-corrected chi connectivity index (χ1v) is 6.89. The van der Waals surface area contributed by atoms with Gasteiger partial charge in [-0.25, -0.2) is 0 Å². The quantitative estimate of drug-likeness (QED) is 0.794. The summed E-state index contributed by atoms with van der Waals surface area (Å²) in [6.07, 6.45) is 1.17. The topological polar surface area (TPSA) is 32.3 Å². The van der Waals surface area contributed by atoms with E-state index >= 15 is 0 Å². The molecule has 0 radical (unpaired) electrons. The average molecular weight is 238 g/mol. The molecule has 2 rings (SSSR count). The predicted molar refractivity (Wildman–Crippen MR) is 69.7 cm³/mol. The van der Waals surface area contributed by atoms with Crippen LogP contribution in [0.4, 0.5) is 0 Å². The molecule has 0 bridgehead atoms. The van der Waals surface area contributed by atoms with Crippen LogP contribution in [0.25, 0.3) is 0 Å². The molecule has 1 N–H and O–H groups in total. The number of carbonyl (C=O) groups is 1. The van der Waals surface area contributed by atoms with Gasteiger partial charge in [-0.1, -0.05) is 27.7 Å². The van der Waals surface area contributed by atoms with Crippen molar-refractivity contribution in [1.82, 2.24) is 10.2 Å². The Hall–Kier alpha value is -0.570. The van der Waals surface area contributed by atoms with Crippen LogP contribution in [0.15, 0.2) is 0 Å². The van der Waals surface area contributed by atoms with Gasteiger partial charge in [-0.05, 0) is 36.8 Å². The standard InChI is InChI=1S/C14H26N2O/c1-10(11-7-15-8-11)13(17)16-6-5-12(9-16)14(2,3)4/h10-12,15H,5-9H2,1-4H3. The van der Waals surface area contributed by atoms with Crippen molar-refractivity contribution in [2.24, 2.45) is 23.2 Å². The number of amides is 1. The highest BCUT2D eigenvalue weighted by Gasteiger charge is 2.37. The molecule has 2 saturated heterocycles. The summed E-state index contributed by atoms with van der Waals surface area (Å²) in [5.74, 6) is 1.81. The first-order valence-electron chi connectivity index (χ1n) is 6.89. The van der Waals surface area contributed by atoms with E-state index < -0.39 is 0 Å². The zero-order valence-electron chi connectivity index (χ0n) is 11.6. The van der Waals surface area contributed by atoms with Gasteiger partial charge < -0.3 is 10.2 Å². The van der Waals surface area contributed by atoms with Crippen molar-refractivity contribution in [3.8, 4) is 0 Å². The molecular formula is C14H26N2O. The fraction of sp³-hybridized carbons (Fsp3) is 0.929. The molecule has 3 heteroatoms. The third-order valence-corrected chi connectivity index (χ3v) is 4.63. The zero-order chi connectivity index (χ0) is 12.6. The van der Waals surface area contributed by atoms with E-state index in [-0.39, 0.29) is 5.92 Å². The third kappa shape index (κ3) is 2.65. The van der Waals surface area contributed by atoms with Crippen LogP contribution in [0.1, 0.15) is 34.1 Å². The lowest BCUT2D eigenvalue weighted by Crippen LogP contribution is -2.50. The highest BCUT2D eigenvalue weighted by atomic mass is 16.2. The summed E-state index contributed by atoms with van der Waals surface area (Å²) in [5, 5.41) is 3.25. The van der Waals surface area contributed by atoms with Crippen molar-refractivity contribution in [3.63, 3.8) is 0 Å². The largest absolute Gasteiger partial charge is 0.342 e. The fourth-order valence-electron chi connectivity index (χ4n) is 2.82. The molecule has 2 unspecified atom stereocenters. The molecule has 0 aliphatic carbocycles. The lowest BCUT2D eigenvalue weighted by Gasteiger charge is -2.34. The van der Waals surface area contributed by atoms with Gasteiger partial charge in [-0.2, -0.15) is 0 Å². The first-order chi connectivity index (χ1) is 7.89. The van der Waals surface area contributed by atoms with Crippen molar-refractivity contribution in [1.29, 1.82) is 0 Å². The molecule has 2 heterocycles. The van der Waals surface area contributed by atoms with E-state index in [1.807, 2.05) is 0 Å². The number of rotatable bonds is 2. The molecule has 2 atom stereocenters. The van der Waals surface area contributed by atoms with Gasteiger partial charge in [0.1, 0.15) is 0 Å². The molecule has 98 valence electrons.